The van der Waals surface area contributed by atoms with Crippen molar-refractivity contribution in [2.45, 2.75) is 25.3 Å². The van der Waals surface area contributed by atoms with Crippen molar-refractivity contribution in [3.8, 4) is 0 Å². The highest BCUT2D eigenvalue weighted by atomic mass is 35.5. The van der Waals surface area contributed by atoms with Crippen molar-refractivity contribution in [2.24, 2.45) is 0 Å². The van der Waals surface area contributed by atoms with Crippen molar-refractivity contribution in [2.75, 3.05) is 11.1 Å². The maximum atomic E-state index is 11.1. The largest absolute Gasteiger partial charge is 0.478 e. The molecule has 0 spiro atoms. The molecule has 4 nitrogen and oxygen atoms in total. The number of carbonyl (C=O) groups is 1. The molecule has 0 aromatic heterocycles. The van der Waals surface area contributed by atoms with E-state index < -0.39 is 5.97 Å². The predicted molar refractivity (Wildman–Crippen MR) is 64.1 cm³/mol. The maximum Gasteiger partial charge on any atom is 0.337 e. The number of nitrogen functional groups attached to an aromatic ring is 1. The van der Waals surface area contributed by atoms with Gasteiger partial charge in [0.1, 0.15) is 0 Å². The Morgan fingerprint density at radius 3 is 2.69 bits per heavy atom. The molecule has 16 heavy (non-hydrogen) atoms. The van der Waals surface area contributed by atoms with Crippen LogP contribution in [0.1, 0.15) is 29.6 Å². The lowest BCUT2D eigenvalue weighted by Gasteiger charge is -2.28. The molecule has 1 fully saturated rings. The Morgan fingerprint density at radius 1 is 1.50 bits per heavy atom. The molecule has 1 saturated carbocycles. The van der Waals surface area contributed by atoms with E-state index >= 15 is 0 Å². The predicted octanol–water partition coefficient (Wildman–Crippen LogP) is 2.58. The second-order valence-electron chi connectivity index (χ2n) is 4.00. The van der Waals surface area contributed by atoms with Crippen LogP contribution < -0.4 is 11.1 Å². The molecule has 0 heterocycles. The van der Waals surface area contributed by atoms with Gasteiger partial charge < -0.3 is 16.2 Å². The van der Waals surface area contributed by atoms with Gasteiger partial charge in [-0.25, -0.2) is 4.79 Å². The van der Waals surface area contributed by atoms with Crippen molar-refractivity contribution in [3.05, 3.63) is 22.7 Å². The average molecular weight is 241 g/mol. The first-order chi connectivity index (χ1) is 7.58. The van der Waals surface area contributed by atoms with Gasteiger partial charge in [-0.1, -0.05) is 11.6 Å². The summed E-state index contributed by atoms with van der Waals surface area (Å²) in [5, 5.41) is 12.6. The minimum Gasteiger partial charge on any atom is -0.478 e. The molecule has 1 aliphatic carbocycles. The van der Waals surface area contributed by atoms with E-state index in [1.165, 1.54) is 12.5 Å². The Labute approximate surface area is 98.4 Å². The van der Waals surface area contributed by atoms with Gasteiger partial charge in [0, 0.05) is 11.7 Å². The summed E-state index contributed by atoms with van der Waals surface area (Å²) in [5.74, 6) is -1.02. The van der Waals surface area contributed by atoms with Gasteiger partial charge in [0.05, 0.1) is 16.3 Å². The summed E-state index contributed by atoms with van der Waals surface area (Å²) >= 11 is 6.00. The summed E-state index contributed by atoms with van der Waals surface area (Å²) in [6, 6.07) is 3.32. The highest BCUT2D eigenvalue weighted by molar-refractivity contribution is 6.34. The summed E-state index contributed by atoms with van der Waals surface area (Å²) in [7, 11) is 0. The second-order valence-corrected chi connectivity index (χ2v) is 4.41. The van der Waals surface area contributed by atoms with Crippen molar-refractivity contribution < 1.29 is 9.90 Å². The van der Waals surface area contributed by atoms with Gasteiger partial charge in [-0.05, 0) is 31.4 Å². The van der Waals surface area contributed by atoms with Crippen LogP contribution in [0.5, 0.6) is 0 Å². The smallest absolute Gasteiger partial charge is 0.337 e. The van der Waals surface area contributed by atoms with Crippen LogP contribution in [0.2, 0.25) is 5.02 Å². The fourth-order valence-corrected chi connectivity index (χ4v) is 1.98. The fourth-order valence-electron chi connectivity index (χ4n) is 1.70. The number of carboxylic acids is 1. The third-order valence-electron chi connectivity index (χ3n) is 2.80. The first-order valence-electron chi connectivity index (χ1n) is 5.17. The third-order valence-corrected chi connectivity index (χ3v) is 3.09. The van der Waals surface area contributed by atoms with Crippen LogP contribution in [0.25, 0.3) is 0 Å². The van der Waals surface area contributed by atoms with E-state index in [0.717, 1.165) is 12.8 Å². The lowest BCUT2D eigenvalue weighted by Crippen LogP contribution is -2.28. The number of nitrogens with two attached hydrogens (primary N) is 1. The van der Waals surface area contributed by atoms with Gasteiger partial charge in [-0.15, -0.1) is 0 Å². The molecule has 1 aromatic rings. The van der Waals surface area contributed by atoms with Crippen molar-refractivity contribution in [1.82, 2.24) is 0 Å². The molecule has 0 aliphatic heterocycles. The standard InChI is InChI=1S/C11H13ClN2O2/c12-9-5-6(13)4-8(11(15)16)10(9)14-7-2-1-3-7/h4-5,7,14H,1-3,13H2,(H,15,16). The molecular formula is C11H13ClN2O2. The van der Waals surface area contributed by atoms with Crippen LogP contribution in [-0.2, 0) is 0 Å². The van der Waals surface area contributed by atoms with E-state index in [4.69, 9.17) is 22.4 Å². The van der Waals surface area contributed by atoms with Crippen LogP contribution in [0.3, 0.4) is 0 Å². The zero-order valence-corrected chi connectivity index (χ0v) is 9.42. The minimum absolute atomic E-state index is 0.136. The van der Waals surface area contributed by atoms with Gasteiger partial charge in [0.15, 0.2) is 0 Å². The number of anilines is 2. The molecule has 1 aromatic carbocycles. The normalized spacial score (nSPS) is 15.6. The highest BCUT2D eigenvalue weighted by Crippen LogP contribution is 2.32. The zero-order valence-electron chi connectivity index (χ0n) is 8.66. The van der Waals surface area contributed by atoms with E-state index in [2.05, 4.69) is 5.32 Å². The molecule has 5 heteroatoms. The summed E-state index contributed by atoms with van der Waals surface area (Å²) in [6.45, 7) is 0. The van der Waals surface area contributed by atoms with E-state index in [0.29, 0.717) is 22.4 Å². The lowest BCUT2D eigenvalue weighted by atomic mass is 9.92. The molecule has 0 unspecified atom stereocenters. The van der Waals surface area contributed by atoms with Crippen LogP contribution in [0, 0.1) is 0 Å². The van der Waals surface area contributed by atoms with Crippen LogP contribution in [-0.4, -0.2) is 17.1 Å². The van der Waals surface area contributed by atoms with E-state index in [-0.39, 0.29) is 5.56 Å². The minimum atomic E-state index is -1.02. The summed E-state index contributed by atoms with van der Waals surface area (Å²) < 4.78 is 0. The molecule has 1 aliphatic rings. The first kappa shape index (κ1) is 11.1. The van der Waals surface area contributed by atoms with Crippen molar-refractivity contribution in [3.63, 3.8) is 0 Å². The Balaban J connectivity index is 2.35. The average Bonchev–Trinajstić information content (AvgIpc) is 2.12. The van der Waals surface area contributed by atoms with Gasteiger partial charge in [-0.2, -0.15) is 0 Å². The topological polar surface area (TPSA) is 75.3 Å². The van der Waals surface area contributed by atoms with Gasteiger partial charge in [-0.3, -0.25) is 0 Å². The fraction of sp³-hybridized carbons (Fsp3) is 0.364. The molecule has 0 radical (unpaired) electrons. The van der Waals surface area contributed by atoms with Crippen molar-refractivity contribution in [1.29, 1.82) is 0 Å². The van der Waals surface area contributed by atoms with Crippen LogP contribution in [0.15, 0.2) is 12.1 Å². The number of rotatable bonds is 3. The summed E-state index contributed by atoms with van der Waals surface area (Å²) in [5.41, 5.74) is 6.55. The summed E-state index contributed by atoms with van der Waals surface area (Å²) in [6.07, 6.45) is 3.28. The Morgan fingerprint density at radius 2 is 2.19 bits per heavy atom. The van der Waals surface area contributed by atoms with Gasteiger partial charge >= 0.3 is 5.97 Å². The van der Waals surface area contributed by atoms with Crippen molar-refractivity contribution >= 4 is 28.9 Å². The molecule has 2 rings (SSSR count). The monoisotopic (exact) mass is 240 g/mol. The Kier molecular flexibility index (Phi) is 2.92. The van der Waals surface area contributed by atoms with E-state index in [9.17, 15) is 4.79 Å². The van der Waals surface area contributed by atoms with Gasteiger partial charge in [0.2, 0.25) is 0 Å². The number of carboxylic acid groups (broad SMARTS) is 1. The number of aromatic carboxylic acids is 1. The summed E-state index contributed by atoms with van der Waals surface area (Å²) in [4.78, 5) is 11.1. The highest BCUT2D eigenvalue weighted by Gasteiger charge is 2.22. The van der Waals surface area contributed by atoms with E-state index in [1.54, 1.807) is 6.07 Å². The lowest BCUT2D eigenvalue weighted by molar-refractivity contribution is 0.0698. The van der Waals surface area contributed by atoms with Crippen LogP contribution >= 0.6 is 11.6 Å². The molecule has 86 valence electrons. The number of benzene rings is 1. The quantitative estimate of drug-likeness (QED) is 0.710. The van der Waals surface area contributed by atoms with E-state index in [1.807, 2.05) is 0 Å². The number of hydrogen-bond acceptors (Lipinski definition) is 3. The number of halogens is 1. The molecule has 4 N–H and O–H groups in total. The SMILES string of the molecule is Nc1cc(Cl)c(NC2CCC2)c(C(=O)O)c1. The maximum absolute atomic E-state index is 11.1. The third kappa shape index (κ3) is 2.07. The first-order valence-corrected chi connectivity index (χ1v) is 5.54. The van der Waals surface area contributed by atoms with Crippen LogP contribution in [0.4, 0.5) is 11.4 Å². The number of hydrogen-bond donors (Lipinski definition) is 3. The molecule has 0 amide bonds. The second kappa shape index (κ2) is 4.22. The Hall–Kier alpha value is -1.42. The zero-order chi connectivity index (χ0) is 11.7. The molecule has 0 bridgehead atoms. The molecule has 0 atom stereocenters. The number of nitrogens with one attached hydrogen (secondary N) is 1. The van der Waals surface area contributed by atoms with Gasteiger partial charge in [0.25, 0.3) is 0 Å². The Bertz CT molecular complexity index is 430. The molecule has 0 saturated heterocycles. The molecular weight excluding hydrogens is 228 g/mol.